The first kappa shape index (κ1) is 17.8. The number of nitrogen functional groups attached to an aromatic ring is 1. The summed E-state index contributed by atoms with van der Waals surface area (Å²) < 4.78 is 20.7. The lowest BCUT2D eigenvalue weighted by Crippen LogP contribution is -2.15. The van der Waals surface area contributed by atoms with E-state index in [-0.39, 0.29) is 12.4 Å². The molecule has 0 saturated carbocycles. The van der Waals surface area contributed by atoms with E-state index in [0.29, 0.717) is 38.1 Å². The number of thioether (sulfide) groups is 1. The number of nitrogens with zero attached hydrogens (tertiary/aromatic N) is 3. The lowest BCUT2D eigenvalue weighted by atomic mass is 10.2. The monoisotopic (exact) mass is 398 g/mol. The second kappa shape index (κ2) is 7.95. The predicted octanol–water partition coefficient (Wildman–Crippen LogP) is 4.31. The van der Waals surface area contributed by atoms with Crippen molar-refractivity contribution in [2.75, 3.05) is 5.84 Å². The molecule has 0 aliphatic heterocycles. The van der Waals surface area contributed by atoms with Crippen molar-refractivity contribution in [3.05, 3.63) is 69.7 Å². The molecule has 0 amide bonds. The van der Waals surface area contributed by atoms with E-state index in [1.54, 1.807) is 36.4 Å². The van der Waals surface area contributed by atoms with E-state index in [9.17, 15) is 4.39 Å². The topological polar surface area (TPSA) is 66.0 Å². The lowest BCUT2D eigenvalue weighted by Gasteiger charge is -2.07. The van der Waals surface area contributed by atoms with Gasteiger partial charge in [0.05, 0.1) is 0 Å². The van der Waals surface area contributed by atoms with Gasteiger partial charge in [-0.15, -0.1) is 10.2 Å². The van der Waals surface area contributed by atoms with E-state index in [4.69, 9.17) is 33.8 Å². The SMILES string of the molecule is Nn1c(COc2ccc(Cl)cc2)nnc1SCc1c(F)cccc1Cl. The summed E-state index contributed by atoms with van der Waals surface area (Å²) in [6, 6.07) is 11.5. The van der Waals surface area contributed by atoms with E-state index in [2.05, 4.69) is 10.2 Å². The zero-order valence-electron chi connectivity index (χ0n) is 12.8. The highest BCUT2D eigenvalue weighted by Gasteiger charge is 2.13. The average molecular weight is 399 g/mol. The van der Waals surface area contributed by atoms with Crippen LogP contribution in [0.2, 0.25) is 10.0 Å². The van der Waals surface area contributed by atoms with E-state index in [1.165, 1.54) is 22.5 Å². The van der Waals surface area contributed by atoms with E-state index < -0.39 is 0 Å². The van der Waals surface area contributed by atoms with Crippen molar-refractivity contribution in [2.24, 2.45) is 0 Å². The zero-order chi connectivity index (χ0) is 17.8. The van der Waals surface area contributed by atoms with Crippen LogP contribution < -0.4 is 10.6 Å². The highest BCUT2D eigenvalue weighted by molar-refractivity contribution is 7.98. The minimum Gasteiger partial charge on any atom is -0.486 e. The molecule has 0 radical (unpaired) electrons. The summed E-state index contributed by atoms with van der Waals surface area (Å²) >= 11 is 13.1. The molecule has 0 aliphatic carbocycles. The number of ether oxygens (including phenoxy) is 1. The summed E-state index contributed by atoms with van der Waals surface area (Å²) in [7, 11) is 0. The van der Waals surface area contributed by atoms with Crippen LogP contribution in [0.5, 0.6) is 5.75 Å². The third kappa shape index (κ3) is 4.36. The van der Waals surface area contributed by atoms with Crippen LogP contribution in [0.3, 0.4) is 0 Å². The molecule has 3 aromatic rings. The van der Waals surface area contributed by atoms with Crippen LogP contribution in [-0.2, 0) is 12.4 Å². The molecule has 5 nitrogen and oxygen atoms in total. The Hall–Kier alpha value is -1.96. The van der Waals surface area contributed by atoms with Crippen LogP contribution in [0.15, 0.2) is 47.6 Å². The standard InChI is InChI=1S/C16H13Cl2FN4OS/c17-10-4-6-11(7-5-10)24-8-15-21-22-16(23(15)20)25-9-12-13(18)2-1-3-14(12)19/h1-7H,8-9,20H2. The normalized spacial score (nSPS) is 10.8. The second-order valence-electron chi connectivity index (χ2n) is 5.00. The maximum absolute atomic E-state index is 13.8. The maximum atomic E-state index is 13.8. The molecule has 0 atom stereocenters. The van der Waals surface area contributed by atoms with Crippen molar-refractivity contribution < 1.29 is 9.13 Å². The average Bonchev–Trinajstić information content (AvgIpc) is 2.94. The molecular formula is C16H13Cl2FN4OS. The van der Waals surface area contributed by atoms with Gasteiger partial charge in [0.1, 0.15) is 18.2 Å². The summed E-state index contributed by atoms with van der Waals surface area (Å²) in [5.41, 5.74) is 0.399. The molecule has 1 heterocycles. The van der Waals surface area contributed by atoms with Gasteiger partial charge in [0.25, 0.3) is 0 Å². The Morgan fingerprint density at radius 2 is 1.88 bits per heavy atom. The summed E-state index contributed by atoms with van der Waals surface area (Å²) in [6.45, 7) is 0.145. The molecule has 25 heavy (non-hydrogen) atoms. The summed E-state index contributed by atoms with van der Waals surface area (Å²) in [5, 5.41) is 9.42. The fourth-order valence-corrected chi connectivity index (χ4v) is 3.33. The van der Waals surface area contributed by atoms with Gasteiger partial charge in [-0.05, 0) is 36.4 Å². The summed E-state index contributed by atoms with van der Waals surface area (Å²) in [5.74, 6) is 6.98. The van der Waals surface area contributed by atoms with Gasteiger partial charge in [-0.1, -0.05) is 41.0 Å². The number of nitrogens with two attached hydrogens (primary N) is 1. The van der Waals surface area contributed by atoms with Gasteiger partial charge >= 0.3 is 0 Å². The number of benzene rings is 2. The van der Waals surface area contributed by atoms with Crippen LogP contribution in [0.1, 0.15) is 11.4 Å². The Morgan fingerprint density at radius 3 is 2.60 bits per heavy atom. The highest BCUT2D eigenvalue weighted by atomic mass is 35.5. The van der Waals surface area contributed by atoms with E-state index in [1.807, 2.05) is 0 Å². The molecule has 1 aromatic heterocycles. The van der Waals surface area contributed by atoms with Crippen LogP contribution in [0, 0.1) is 5.82 Å². The predicted molar refractivity (Wildman–Crippen MR) is 96.9 cm³/mol. The fourth-order valence-electron chi connectivity index (χ4n) is 1.99. The second-order valence-corrected chi connectivity index (χ2v) is 6.79. The Bertz CT molecular complexity index is 853. The van der Waals surface area contributed by atoms with E-state index in [0.717, 1.165) is 0 Å². The lowest BCUT2D eigenvalue weighted by molar-refractivity contribution is 0.291. The van der Waals surface area contributed by atoms with Gasteiger partial charge in [-0.3, -0.25) is 0 Å². The van der Waals surface area contributed by atoms with Gasteiger partial charge in [0.2, 0.25) is 5.16 Å². The molecule has 0 fully saturated rings. The molecule has 0 aliphatic rings. The molecule has 3 rings (SSSR count). The van der Waals surface area contributed by atoms with Gasteiger partial charge in [-0.25, -0.2) is 9.07 Å². The highest BCUT2D eigenvalue weighted by Crippen LogP contribution is 2.27. The van der Waals surface area contributed by atoms with Crippen molar-refractivity contribution in [1.29, 1.82) is 0 Å². The Morgan fingerprint density at radius 1 is 1.12 bits per heavy atom. The molecule has 130 valence electrons. The Kier molecular flexibility index (Phi) is 5.67. The minimum absolute atomic E-state index is 0.145. The number of halogens is 3. The fraction of sp³-hybridized carbons (Fsp3) is 0.125. The van der Waals surface area contributed by atoms with Gasteiger partial charge in [0, 0.05) is 21.4 Å². The largest absolute Gasteiger partial charge is 0.486 e. The summed E-state index contributed by atoms with van der Waals surface area (Å²) in [6.07, 6.45) is 0. The van der Waals surface area contributed by atoms with Crippen molar-refractivity contribution in [1.82, 2.24) is 14.9 Å². The number of aromatic nitrogens is 3. The Balaban J connectivity index is 1.64. The molecule has 2 aromatic carbocycles. The van der Waals surface area contributed by atoms with Crippen LogP contribution in [0.25, 0.3) is 0 Å². The van der Waals surface area contributed by atoms with Crippen molar-refractivity contribution in [3.8, 4) is 5.75 Å². The molecular weight excluding hydrogens is 386 g/mol. The maximum Gasteiger partial charge on any atom is 0.210 e. The number of hydrogen-bond acceptors (Lipinski definition) is 5. The third-order valence-electron chi connectivity index (χ3n) is 3.32. The van der Waals surface area contributed by atoms with Crippen LogP contribution in [-0.4, -0.2) is 14.9 Å². The van der Waals surface area contributed by atoms with Crippen molar-refractivity contribution in [3.63, 3.8) is 0 Å². The van der Waals surface area contributed by atoms with Crippen molar-refractivity contribution in [2.45, 2.75) is 17.5 Å². The minimum atomic E-state index is -0.366. The molecule has 0 unspecified atom stereocenters. The first-order valence-corrected chi connectivity index (χ1v) is 8.92. The van der Waals surface area contributed by atoms with Crippen molar-refractivity contribution >= 4 is 35.0 Å². The quantitative estimate of drug-likeness (QED) is 0.494. The first-order valence-electron chi connectivity index (χ1n) is 7.18. The molecule has 9 heteroatoms. The van der Waals surface area contributed by atoms with Crippen LogP contribution in [0.4, 0.5) is 4.39 Å². The van der Waals surface area contributed by atoms with Gasteiger partial charge < -0.3 is 10.6 Å². The molecule has 0 spiro atoms. The molecule has 0 bridgehead atoms. The molecule has 0 saturated heterocycles. The first-order chi connectivity index (χ1) is 12.0. The van der Waals surface area contributed by atoms with E-state index >= 15 is 0 Å². The Labute approximate surface area is 157 Å². The summed E-state index contributed by atoms with van der Waals surface area (Å²) in [4.78, 5) is 0. The molecule has 2 N–H and O–H groups in total. The third-order valence-corrected chi connectivity index (χ3v) is 4.90. The van der Waals surface area contributed by atoms with Crippen LogP contribution >= 0.6 is 35.0 Å². The smallest absolute Gasteiger partial charge is 0.210 e. The van der Waals surface area contributed by atoms with Gasteiger partial charge in [-0.2, -0.15) is 0 Å². The number of hydrogen-bond donors (Lipinski definition) is 1. The number of rotatable bonds is 6. The van der Waals surface area contributed by atoms with Gasteiger partial charge in [0.15, 0.2) is 5.82 Å². The zero-order valence-corrected chi connectivity index (χ0v) is 15.2.